The highest BCUT2D eigenvalue weighted by atomic mass is 19.4. The Labute approximate surface area is 416 Å². The van der Waals surface area contributed by atoms with Gasteiger partial charge in [-0.3, -0.25) is 24.2 Å². The van der Waals surface area contributed by atoms with Crippen LogP contribution in [-0.4, -0.2) is 180 Å². The Kier molecular flexibility index (Phi) is 19.0. The molecule has 0 bridgehead atoms. The number of nitrogens with one attached hydrogen (secondary N) is 4. The number of rotatable bonds is 25. The first-order chi connectivity index (χ1) is 34.7. The number of likely N-dealkylation sites (tertiary alicyclic amines) is 2. The van der Waals surface area contributed by atoms with E-state index >= 15 is 0 Å². The Morgan fingerprint density at radius 1 is 0.889 bits per heavy atom. The Morgan fingerprint density at radius 3 is 2.28 bits per heavy atom. The van der Waals surface area contributed by atoms with E-state index in [1.807, 2.05) is 6.07 Å². The predicted octanol–water partition coefficient (Wildman–Crippen LogP) is 3.72. The fraction of sp³-hybridized carbons (Fsp3) is 0.571. The van der Waals surface area contributed by atoms with Gasteiger partial charge in [-0.2, -0.15) is 13.2 Å². The van der Waals surface area contributed by atoms with Gasteiger partial charge in [0.1, 0.15) is 24.0 Å². The molecule has 0 unspecified atom stereocenters. The molecule has 23 heteroatoms. The van der Waals surface area contributed by atoms with Gasteiger partial charge >= 0.3 is 6.18 Å². The summed E-state index contributed by atoms with van der Waals surface area (Å²) >= 11 is 0. The molecule has 2 saturated heterocycles. The van der Waals surface area contributed by atoms with Crippen LogP contribution in [0, 0.1) is 5.92 Å². The quantitative estimate of drug-likeness (QED) is 0.0694. The lowest BCUT2D eigenvalue weighted by Gasteiger charge is -2.44. The first-order valence-electron chi connectivity index (χ1n) is 24.4. The molecule has 0 spiro atoms. The number of amides is 4. The van der Waals surface area contributed by atoms with E-state index in [1.54, 1.807) is 47.4 Å². The van der Waals surface area contributed by atoms with Gasteiger partial charge in [0.05, 0.1) is 88.0 Å². The smallest absolute Gasteiger partial charge is 0.377 e. The number of carbonyl (C=O) groups excluding carboxylic acids is 4. The summed E-state index contributed by atoms with van der Waals surface area (Å²) in [6.45, 7) is 8.28. The minimum Gasteiger partial charge on any atom is -0.377 e. The minimum absolute atomic E-state index is 0.0800. The number of fused-ring (bicyclic) bond motifs is 1. The Morgan fingerprint density at radius 2 is 1.61 bits per heavy atom. The summed E-state index contributed by atoms with van der Waals surface area (Å²) in [5.41, 5.74) is 0.429. The van der Waals surface area contributed by atoms with E-state index in [1.165, 1.54) is 12.4 Å². The third-order valence-electron chi connectivity index (χ3n) is 13.5. The molecule has 2 aliphatic heterocycles. The summed E-state index contributed by atoms with van der Waals surface area (Å²) in [7, 11) is 3.75. The van der Waals surface area contributed by atoms with Crippen molar-refractivity contribution in [2.75, 3.05) is 97.2 Å². The van der Waals surface area contributed by atoms with Crippen LogP contribution >= 0.6 is 0 Å². The lowest BCUT2D eigenvalue weighted by molar-refractivity contribution is -0.137. The average molecular weight is 1010 g/mol. The molecule has 4 aromatic rings. The number of benzene rings is 1. The number of pyridine rings is 1. The summed E-state index contributed by atoms with van der Waals surface area (Å²) in [6.07, 6.45) is 2.62. The van der Waals surface area contributed by atoms with Gasteiger partial charge in [-0.1, -0.05) is 6.07 Å². The Bertz CT molecular complexity index is 2420. The van der Waals surface area contributed by atoms with Crippen LogP contribution in [0.1, 0.15) is 73.6 Å². The topological polar surface area (TPSA) is 227 Å². The van der Waals surface area contributed by atoms with Crippen LogP contribution in [-0.2, 0) is 39.5 Å². The molecule has 390 valence electrons. The maximum atomic E-state index is 14.0. The van der Waals surface area contributed by atoms with Crippen LogP contribution in [0.5, 0.6) is 0 Å². The molecule has 1 aliphatic carbocycles. The highest BCUT2D eigenvalue weighted by Gasteiger charge is 2.45. The maximum absolute atomic E-state index is 14.0. The van der Waals surface area contributed by atoms with E-state index in [0.717, 1.165) is 24.1 Å². The van der Waals surface area contributed by atoms with E-state index in [2.05, 4.69) is 72.2 Å². The summed E-state index contributed by atoms with van der Waals surface area (Å²) in [6, 6.07) is 8.75. The summed E-state index contributed by atoms with van der Waals surface area (Å²) < 4.78 is 63.1. The number of halogens is 3. The van der Waals surface area contributed by atoms with E-state index in [4.69, 9.17) is 18.9 Å². The standard InChI is InChI=1S/C49H65F3N12O8/c1-31(2)62(3)34-8-11-41(64-17-13-39(48(64)68)58-45-35-26-33(49(50,51)52)7-9-37(35)56-30-57-45)40(27-34)59-47(67)38-10-12-42(61-60-38)54-15-18-69-20-22-71-24-25-72-23-21-70-19-16-55-46(66)36-28-43(65)63(4)44(36)32-6-5-14-53-29-32/h5-7,9-10,12,14,26,29-31,34,36,39-41,44H,8,11,13,15-25,27-28H2,1-4H3,(H,54,61)(H,55,66)(H,59,67)(H,56,57,58)/t34-,36+,39+,40-,41+,44-/m1/s1. The molecule has 20 nitrogen and oxygen atoms in total. The van der Waals surface area contributed by atoms with Crippen molar-refractivity contribution in [2.45, 2.75) is 88.4 Å². The Balaban J connectivity index is 0.765. The minimum atomic E-state index is -4.56. The summed E-state index contributed by atoms with van der Waals surface area (Å²) in [5.74, 6) is -0.795. The number of carbonyl (C=O) groups is 4. The second kappa shape index (κ2) is 25.5. The van der Waals surface area contributed by atoms with Crippen LogP contribution in [0.15, 0.2) is 61.2 Å². The molecule has 3 aromatic heterocycles. The van der Waals surface area contributed by atoms with Gasteiger partial charge in [0.15, 0.2) is 5.69 Å². The number of aromatic nitrogens is 5. The molecular formula is C49H65F3N12O8. The van der Waals surface area contributed by atoms with Gasteiger partial charge < -0.3 is 54.9 Å². The highest BCUT2D eigenvalue weighted by Crippen LogP contribution is 2.37. The van der Waals surface area contributed by atoms with Crippen molar-refractivity contribution in [1.82, 2.24) is 50.5 Å². The van der Waals surface area contributed by atoms with Gasteiger partial charge in [0, 0.05) is 63.0 Å². The molecule has 5 heterocycles. The predicted molar refractivity (Wildman–Crippen MR) is 259 cm³/mol. The van der Waals surface area contributed by atoms with Crippen LogP contribution < -0.4 is 21.3 Å². The number of ether oxygens (including phenoxy) is 4. The lowest BCUT2D eigenvalue weighted by atomic mass is 9.84. The monoisotopic (exact) mass is 1010 g/mol. The fourth-order valence-electron chi connectivity index (χ4n) is 9.42. The summed E-state index contributed by atoms with van der Waals surface area (Å²) in [5, 5.41) is 20.8. The molecule has 7 rings (SSSR count). The number of alkyl halides is 3. The summed E-state index contributed by atoms with van der Waals surface area (Å²) in [4.78, 5) is 71.0. The van der Waals surface area contributed by atoms with Crippen molar-refractivity contribution in [3.05, 3.63) is 78.0 Å². The zero-order chi connectivity index (χ0) is 51.2. The van der Waals surface area contributed by atoms with Gasteiger partial charge in [0.2, 0.25) is 17.7 Å². The second-order valence-electron chi connectivity index (χ2n) is 18.4. The molecular weight excluding hydrogens is 942 g/mol. The molecule has 6 atom stereocenters. The lowest BCUT2D eigenvalue weighted by Crippen LogP contribution is -2.58. The first-order valence-corrected chi connectivity index (χ1v) is 24.4. The van der Waals surface area contributed by atoms with Gasteiger partial charge in [-0.15, -0.1) is 10.2 Å². The Hall–Kier alpha value is -6.14. The fourth-order valence-corrected chi connectivity index (χ4v) is 9.42. The molecule has 1 saturated carbocycles. The van der Waals surface area contributed by atoms with Gasteiger partial charge in [0.25, 0.3) is 5.91 Å². The number of anilines is 2. The van der Waals surface area contributed by atoms with Crippen LogP contribution in [0.4, 0.5) is 24.8 Å². The zero-order valence-electron chi connectivity index (χ0n) is 41.1. The first kappa shape index (κ1) is 53.7. The van der Waals surface area contributed by atoms with Crippen molar-refractivity contribution in [1.29, 1.82) is 0 Å². The molecule has 72 heavy (non-hydrogen) atoms. The molecule has 4 amide bonds. The number of hydrogen-bond donors (Lipinski definition) is 4. The van der Waals surface area contributed by atoms with E-state index in [-0.39, 0.29) is 65.2 Å². The van der Waals surface area contributed by atoms with E-state index in [0.29, 0.717) is 103 Å². The van der Waals surface area contributed by atoms with Crippen molar-refractivity contribution in [2.24, 2.45) is 5.92 Å². The maximum Gasteiger partial charge on any atom is 0.416 e. The van der Waals surface area contributed by atoms with Crippen LogP contribution in [0.25, 0.3) is 10.9 Å². The molecule has 3 fully saturated rings. The normalized spacial score (nSPS) is 21.5. The molecule has 0 radical (unpaired) electrons. The van der Waals surface area contributed by atoms with Crippen molar-refractivity contribution in [3.8, 4) is 0 Å². The second-order valence-corrected chi connectivity index (χ2v) is 18.4. The van der Waals surface area contributed by atoms with Crippen molar-refractivity contribution < 1.29 is 51.3 Å². The van der Waals surface area contributed by atoms with Gasteiger partial charge in [-0.05, 0) is 88.5 Å². The molecule has 1 aromatic carbocycles. The average Bonchev–Trinajstić information content (AvgIpc) is 3.89. The third kappa shape index (κ3) is 14.1. The van der Waals surface area contributed by atoms with Crippen LogP contribution in [0.3, 0.4) is 0 Å². The zero-order valence-corrected chi connectivity index (χ0v) is 41.1. The van der Waals surface area contributed by atoms with Gasteiger partial charge in [-0.25, -0.2) is 9.97 Å². The third-order valence-corrected chi connectivity index (χ3v) is 13.5. The highest BCUT2D eigenvalue weighted by molar-refractivity contribution is 5.94. The van der Waals surface area contributed by atoms with Crippen LogP contribution in [0.2, 0.25) is 0 Å². The van der Waals surface area contributed by atoms with E-state index in [9.17, 15) is 32.3 Å². The largest absolute Gasteiger partial charge is 0.416 e. The SMILES string of the molecule is CC(C)N(C)[C@@H]1CC[C@H](N2CC[C@H](Nc3ncnc4ccc(C(F)(F)F)cc34)C2=O)[C@H](NC(=O)c2ccc(NCCOCCOCCOCCOCCNC(=O)[C@H]3CC(=O)N(C)[C@@H]3c3cccnc3)nn2)C1. The number of nitrogens with zero attached hydrogens (tertiary/aromatic N) is 8. The molecule has 4 N–H and O–H groups in total. The van der Waals surface area contributed by atoms with Crippen molar-refractivity contribution >= 4 is 46.2 Å². The number of hydrogen-bond acceptors (Lipinski definition) is 16. The molecule has 3 aliphatic rings. The van der Waals surface area contributed by atoms with Crippen molar-refractivity contribution in [3.63, 3.8) is 0 Å². The van der Waals surface area contributed by atoms with E-state index < -0.39 is 35.6 Å².